The number of anilines is 1. The van der Waals surface area contributed by atoms with Crippen molar-refractivity contribution < 1.29 is 42.0 Å². The normalized spacial score (nSPS) is 22.5. The molecule has 0 N–H and O–H groups in total. The molecule has 1 aromatic carbocycles. The minimum atomic E-state index is 0. The van der Waals surface area contributed by atoms with Gasteiger partial charge in [-0.1, -0.05) is 12.1 Å². The molecule has 1 amide bonds. The summed E-state index contributed by atoms with van der Waals surface area (Å²) < 4.78 is 0.980. The quantitative estimate of drug-likeness (QED) is 0.518. The van der Waals surface area contributed by atoms with Gasteiger partial charge in [0.2, 0.25) is 0 Å². The molecule has 5 heteroatoms. The molecule has 2 aliphatic heterocycles. The molecule has 4 nitrogen and oxygen atoms in total. The molecule has 2 heterocycles. The van der Waals surface area contributed by atoms with E-state index in [1.54, 1.807) is 0 Å². The van der Waals surface area contributed by atoms with Crippen molar-refractivity contribution in [2.45, 2.75) is 58.9 Å². The average molecular weight is 429 g/mol. The Morgan fingerprint density at radius 2 is 1.77 bits per heavy atom. The van der Waals surface area contributed by atoms with Crippen LogP contribution in [0.5, 0.6) is 0 Å². The second kappa shape index (κ2) is 8.96. The summed E-state index contributed by atoms with van der Waals surface area (Å²) >= 11 is 0. The van der Waals surface area contributed by atoms with Crippen LogP contribution in [0.15, 0.2) is 12.1 Å². The maximum Gasteiger partial charge on any atom is 0.285 e. The van der Waals surface area contributed by atoms with E-state index in [0.717, 1.165) is 60.3 Å². The van der Waals surface area contributed by atoms with E-state index >= 15 is 0 Å². The monoisotopic (exact) mass is 429 g/mol. The largest absolute Gasteiger partial charge is 0.314 e. The van der Waals surface area contributed by atoms with Crippen molar-refractivity contribution in [3.63, 3.8) is 0 Å². The Kier molecular flexibility index (Phi) is 7.42. The third kappa shape index (κ3) is 3.91. The topological polar surface area (TPSA) is 24.7 Å². The van der Waals surface area contributed by atoms with Gasteiger partial charge in [-0.05, 0) is 57.6 Å². The number of likely N-dealkylation sites (tertiary alicyclic amines) is 1. The molecule has 0 saturated carbocycles. The van der Waals surface area contributed by atoms with Gasteiger partial charge < -0.3 is 9.38 Å². The standard InChI is InChI=1S/C21H30N3O.Y/c1-5-24(12-7-6-8-13-24)19-10-9-11-23(21(19)25)20-16(2)14-18(22-4)15-17(20)3;/h14-15,19H,5-13H2,1-3H3;/q+1;. The first-order chi connectivity index (χ1) is 12.0. The molecule has 137 valence electrons. The van der Waals surface area contributed by atoms with E-state index in [1.165, 1.54) is 19.3 Å². The summed E-state index contributed by atoms with van der Waals surface area (Å²) in [6.45, 7) is 17.7. The fourth-order valence-corrected chi connectivity index (χ4v) is 5.00. The van der Waals surface area contributed by atoms with Gasteiger partial charge >= 0.3 is 0 Å². The molecule has 26 heavy (non-hydrogen) atoms. The molecule has 0 bridgehead atoms. The molecule has 0 aliphatic carbocycles. The fourth-order valence-electron chi connectivity index (χ4n) is 5.00. The van der Waals surface area contributed by atoms with Crippen LogP contribution in [0, 0.1) is 20.4 Å². The molecule has 2 saturated heterocycles. The second-order valence-electron chi connectivity index (χ2n) is 7.73. The molecule has 1 unspecified atom stereocenters. The zero-order valence-electron chi connectivity index (χ0n) is 16.4. The van der Waals surface area contributed by atoms with Crippen LogP contribution >= 0.6 is 0 Å². The second-order valence-corrected chi connectivity index (χ2v) is 7.73. The van der Waals surface area contributed by atoms with Crippen molar-refractivity contribution in [1.29, 1.82) is 0 Å². The zero-order chi connectivity index (χ0) is 18.0. The summed E-state index contributed by atoms with van der Waals surface area (Å²) in [5.74, 6) is 0.303. The van der Waals surface area contributed by atoms with E-state index in [0.29, 0.717) is 11.6 Å². The fraction of sp³-hybridized carbons (Fsp3) is 0.619. The minimum Gasteiger partial charge on any atom is -0.314 e. The predicted octanol–water partition coefficient (Wildman–Crippen LogP) is 4.37. The summed E-state index contributed by atoms with van der Waals surface area (Å²) in [5.41, 5.74) is 3.78. The van der Waals surface area contributed by atoms with Gasteiger partial charge in [0.1, 0.15) is 0 Å². The van der Waals surface area contributed by atoms with Crippen LogP contribution in [0.3, 0.4) is 0 Å². The summed E-state index contributed by atoms with van der Waals surface area (Å²) in [5, 5.41) is 0. The van der Waals surface area contributed by atoms with Gasteiger partial charge in [0.05, 0.1) is 26.2 Å². The van der Waals surface area contributed by atoms with Crippen molar-refractivity contribution in [3.8, 4) is 0 Å². The molecule has 2 fully saturated rings. The Balaban J connectivity index is 0.00000243. The third-order valence-corrected chi connectivity index (χ3v) is 6.28. The van der Waals surface area contributed by atoms with Gasteiger partial charge in [-0.15, -0.1) is 0 Å². The van der Waals surface area contributed by atoms with Crippen molar-refractivity contribution in [3.05, 3.63) is 34.7 Å². The number of nitrogens with zero attached hydrogens (tertiary/aromatic N) is 3. The van der Waals surface area contributed by atoms with Crippen LogP contribution in [-0.4, -0.2) is 42.6 Å². The summed E-state index contributed by atoms with van der Waals surface area (Å²) in [7, 11) is 0. The van der Waals surface area contributed by atoms with Crippen LogP contribution in [0.1, 0.15) is 50.2 Å². The van der Waals surface area contributed by atoms with Crippen LogP contribution in [0.25, 0.3) is 4.85 Å². The van der Waals surface area contributed by atoms with Crippen LogP contribution in [0.4, 0.5) is 11.4 Å². The predicted molar refractivity (Wildman–Crippen MR) is 102 cm³/mol. The first-order valence-corrected chi connectivity index (χ1v) is 9.68. The molecular weight excluding hydrogens is 399 g/mol. The van der Waals surface area contributed by atoms with E-state index in [-0.39, 0.29) is 38.8 Å². The first-order valence-electron chi connectivity index (χ1n) is 9.68. The maximum absolute atomic E-state index is 13.5. The van der Waals surface area contributed by atoms with Gasteiger partial charge in [0.15, 0.2) is 11.7 Å². The van der Waals surface area contributed by atoms with Crippen molar-refractivity contribution in [2.75, 3.05) is 31.1 Å². The Labute approximate surface area is 183 Å². The molecule has 3 rings (SSSR count). The first kappa shape index (κ1) is 21.5. The number of likely N-dealkylation sites (N-methyl/N-ethyl adjacent to an activating group) is 1. The SMILES string of the molecule is [C-]#[N+]c1cc(C)c(N2CCCC([N+]3(CC)CCCCC3)C2=O)c(C)c1.[Y]. The number of quaternary nitrogens is 1. The number of aryl methyl sites for hydroxylation is 2. The van der Waals surface area contributed by atoms with E-state index in [9.17, 15) is 4.79 Å². The van der Waals surface area contributed by atoms with Gasteiger partial charge in [0.25, 0.3) is 5.91 Å². The third-order valence-electron chi connectivity index (χ3n) is 6.28. The molecule has 1 aromatic rings. The van der Waals surface area contributed by atoms with E-state index in [1.807, 2.05) is 30.9 Å². The number of carbonyl (C=O) groups is 1. The maximum atomic E-state index is 13.5. The summed E-state index contributed by atoms with van der Waals surface area (Å²) in [6, 6.07) is 3.94. The number of piperidine rings is 2. The number of benzene rings is 1. The van der Waals surface area contributed by atoms with Crippen molar-refractivity contribution in [1.82, 2.24) is 0 Å². The van der Waals surface area contributed by atoms with Gasteiger partial charge in [-0.2, -0.15) is 0 Å². The Morgan fingerprint density at radius 3 is 2.31 bits per heavy atom. The number of carbonyl (C=O) groups excluding carboxylic acids is 1. The van der Waals surface area contributed by atoms with E-state index < -0.39 is 0 Å². The average Bonchev–Trinajstić information content (AvgIpc) is 2.63. The Morgan fingerprint density at radius 1 is 1.15 bits per heavy atom. The van der Waals surface area contributed by atoms with Gasteiger partial charge in [0, 0.05) is 51.4 Å². The summed E-state index contributed by atoms with van der Waals surface area (Å²) in [4.78, 5) is 19.1. The van der Waals surface area contributed by atoms with Crippen molar-refractivity contribution in [2.24, 2.45) is 0 Å². The van der Waals surface area contributed by atoms with E-state index in [4.69, 9.17) is 6.57 Å². The number of hydrogen-bond acceptors (Lipinski definition) is 1. The molecule has 2 aliphatic rings. The molecular formula is C21H30N3OY+. The van der Waals surface area contributed by atoms with Crippen LogP contribution < -0.4 is 4.90 Å². The number of rotatable bonds is 3. The molecule has 1 radical (unpaired) electrons. The van der Waals surface area contributed by atoms with Crippen LogP contribution in [-0.2, 0) is 37.5 Å². The van der Waals surface area contributed by atoms with Gasteiger partial charge in [-0.25, -0.2) is 4.85 Å². The minimum absolute atomic E-state index is 0. The smallest absolute Gasteiger partial charge is 0.285 e. The van der Waals surface area contributed by atoms with E-state index in [2.05, 4.69) is 11.8 Å². The Hall–Kier alpha value is -0.756. The summed E-state index contributed by atoms with van der Waals surface area (Å²) in [6.07, 6.45) is 5.88. The van der Waals surface area contributed by atoms with Crippen molar-refractivity contribution >= 4 is 17.3 Å². The Bertz CT molecular complexity index is 681. The number of amides is 1. The van der Waals surface area contributed by atoms with Crippen LogP contribution in [0.2, 0.25) is 0 Å². The number of hydrogen-bond donors (Lipinski definition) is 0. The van der Waals surface area contributed by atoms with Gasteiger partial charge in [-0.3, -0.25) is 4.79 Å². The molecule has 0 aromatic heterocycles. The molecule has 0 spiro atoms. The zero-order valence-corrected chi connectivity index (χ0v) is 19.3. The molecule has 1 atom stereocenters.